The lowest BCUT2D eigenvalue weighted by Gasteiger charge is -2.24. The van der Waals surface area contributed by atoms with Crippen molar-refractivity contribution in [2.45, 2.75) is 12.5 Å². The second-order valence-electron chi connectivity index (χ2n) is 4.15. The molecule has 0 saturated heterocycles. The van der Waals surface area contributed by atoms with E-state index in [1.807, 2.05) is 30.3 Å². The van der Waals surface area contributed by atoms with Gasteiger partial charge in [-0.05, 0) is 12.0 Å². The predicted octanol–water partition coefficient (Wildman–Crippen LogP) is 1.38. The lowest BCUT2D eigenvalue weighted by molar-refractivity contribution is 0.0683. The van der Waals surface area contributed by atoms with Gasteiger partial charge in [-0.3, -0.25) is 0 Å². The first kappa shape index (κ1) is 10.8. The van der Waals surface area contributed by atoms with Crippen LogP contribution in [-0.2, 0) is 0 Å². The van der Waals surface area contributed by atoms with E-state index < -0.39 is 5.97 Å². The Labute approximate surface area is 103 Å². The number of nitrogens with zero attached hydrogens (tertiary/aromatic N) is 3. The molecular formula is C12H12N4O2. The van der Waals surface area contributed by atoms with E-state index in [1.165, 1.54) is 0 Å². The second kappa shape index (κ2) is 4.14. The van der Waals surface area contributed by atoms with E-state index >= 15 is 0 Å². The smallest absolute Gasteiger partial charge is 0.375 e. The van der Waals surface area contributed by atoms with Gasteiger partial charge in [0.1, 0.15) is 0 Å². The third-order valence-electron chi connectivity index (χ3n) is 3.00. The standard InChI is InChI=1S/C12H12N4O2/c17-11(18)10-14-12-13-7-6-9(16(12)15-10)8-4-2-1-3-5-8/h1-5,9H,6-7H2,(H,17,18)(H,13,14,15). The Morgan fingerprint density at radius 3 is 2.89 bits per heavy atom. The Morgan fingerprint density at radius 1 is 1.39 bits per heavy atom. The summed E-state index contributed by atoms with van der Waals surface area (Å²) in [7, 11) is 0. The zero-order chi connectivity index (χ0) is 12.5. The number of aromatic carboxylic acids is 1. The first-order valence-electron chi connectivity index (χ1n) is 5.74. The van der Waals surface area contributed by atoms with Gasteiger partial charge in [-0.15, -0.1) is 5.10 Å². The Balaban J connectivity index is 2.04. The molecule has 0 fully saturated rings. The van der Waals surface area contributed by atoms with Crippen LogP contribution in [0.1, 0.15) is 28.6 Å². The third kappa shape index (κ3) is 1.71. The van der Waals surface area contributed by atoms with Gasteiger partial charge in [0, 0.05) is 6.54 Å². The van der Waals surface area contributed by atoms with Crippen molar-refractivity contribution < 1.29 is 9.90 Å². The molecule has 3 rings (SSSR count). The van der Waals surface area contributed by atoms with Gasteiger partial charge >= 0.3 is 5.97 Å². The van der Waals surface area contributed by atoms with Crippen LogP contribution in [-0.4, -0.2) is 32.4 Å². The van der Waals surface area contributed by atoms with E-state index in [9.17, 15) is 4.79 Å². The number of anilines is 1. The van der Waals surface area contributed by atoms with Gasteiger partial charge in [0.05, 0.1) is 6.04 Å². The maximum Gasteiger partial charge on any atom is 0.375 e. The van der Waals surface area contributed by atoms with Crippen LogP contribution >= 0.6 is 0 Å². The van der Waals surface area contributed by atoms with E-state index in [4.69, 9.17) is 5.11 Å². The number of nitrogens with one attached hydrogen (secondary N) is 1. The first-order chi connectivity index (χ1) is 8.75. The number of benzene rings is 1. The first-order valence-corrected chi connectivity index (χ1v) is 5.74. The normalized spacial score (nSPS) is 17.9. The third-order valence-corrected chi connectivity index (χ3v) is 3.00. The molecule has 0 radical (unpaired) electrons. The fourth-order valence-electron chi connectivity index (χ4n) is 2.18. The van der Waals surface area contributed by atoms with E-state index in [0.717, 1.165) is 18.5 Å². The molecule has 0 spiro atoms. The van der Waals surface area contributed by atoms with E-state index in [1.54, 1.807) is 4.68 Å². The van der Waals surface area contributed by atoms with Crippen LogP contribution in [0.15, 0.2) is 30.3 Å². The van der Waals surface area contributed by atoms with Crippen molar-refractivity contribution >= 4 is 11.9 Å². The van der Waals surface area contributed by atoms with Crippen molar-refractivity contribution in [3.05, 3.63) is 41.7 Å². The summed E-state index contributed by atoms with van der Waals surface area (Å²) in [6.45, 7) is 0.761. The van der Waals surface area contributed by atoms with Gasteiger partial charge in [0.2, 0.25) is 5.95 Å². The monoisotopic (exact) mass is 244 g/mol. The summed E-state index contributed by atoms with van der Waals surface area (Å²) < 4.78 is 1.66. The van der Waals surface area contributed by atoms with E-state index in [-0.39, 0.29) is 11.9 Å². The Hall–Kier alpha value is -2.37. The minimum Gasteiger partial charge on any atom is -0.475 e. The zero-order valence-electron chi connectivity index (χ0n) is 9.58. The lowest BCUT2D eigenvalue weighted by atomic mass is 10.0. The zero-order valence-corrected chi connectivity index (χ0v) is 9.58. The molecular weight excluding hydrogens is 232 g/mol. The van der Waals surface area contributed by atoms with Gasteiger partial charge in [-0.2, -0.15) is 4.98 Å². The van der Waals surface area contributed by atoms with Crippen LogP contribution in [0.4, 0.5) is 5.95 Å². The van der Waals surface area contributed by atoms with Crippen molar-refractivity contribution in [3.63, 3.8) is 0 Å². The topological polar surface area (TPSA) is 80.0 Å². The van der Waals surface area contributed by atoms with E-state index in [0.29, 0.717) is 5.95 Å². The molecule has 0 saturated carbocycles. The molecule has 1 aliphatic rings. The molecule has 6 nitrogen and oxygen atoms in total. The molecule has 6 heteroatoms. The summed E-state index contributed by atoms with van der Waals surface area (Å²) in [6, 6.07) is 9.96. The molecule has 18 heavy (non-hydrogen) atoms. The Kier molecular flexibility index (Phi) is 2.47. The average Bonchev–Trinajstić information content (AvgIpc) is 2.83. The van der Waals surface area contributed by atoms with Crippen molar-refractivity contribution in [2.24, 2.45) is 0 Å². The number of hydrogen-bond acceptors (Lipinski definition) is 4. The molecule has 1 aromatic heterocycles. The predicted molar refractivity (Wildman–Crippen MR) is 64.7 cm³/mol. The quantitative estimate of drug-likeness (QED) is 0.834. The van der Waals surface area contributed by atoms with Crippen molar-refractivity contribution in [1.29, 1.82) is 0 Å². The number of rotatable bonds is 2. The largest absolute Gasteiger partial charge is 0.475 e. The molecule has 2 N–H and O–H groups in total. The lowest BCUT2D eigenvalue weighted by Crippen LogP contribution is -2.24. The summed E-state index contributed by atoms with van der Waals surface area (Å²) in [5, 5.41) is 16.0. The molecule has 92 valence electrons. The SMILES string of the molecule is O=C(O)c1nc2n(n1)C(c1ccccc1)CCN2. The molecule has 1 atom stereocenters. The highest BCUT2D eigenvalue weighted by atomic mass is 16.4. The van der Waals surface area contributed by atoms with Crippen molar-refractivity contribution in [2.75, 3.05) is 11.9 Å². The summed E-state index contributed by atoms with van der Waals surface area (Å²) in [6.07, 6.45) is 0.861. The molecule has 0 bridgehead atoms. The highest BCUT2D eigenvalue weighted by Gasteiger charge is 2.25. The van der Waals surface area contributed by atoms with Crippen LogP contribution in [0.2, 0.25) is 0 Å². The van der Waals surface area contributed by atoms with Crippen LogP contribution in [0, 0.1) is 0 Å². The van der Waals surface area contributed by atoms with Gasteiger partial charge in [0.15, 0.2) is 0 Å². The number of aromatic nitrogens is 3. The van der Waals surface area contributed by atoms with Crippen LogP contribution in [0.25, 0.3) is 0 Å². The molecule has 1 aromatic carbocycles. The van der Waals surface area contributed by atoms with Gasteiger partial charge in [0.25, 0.3) is 5.82 Å². The minimum absolute atomic E-state index is 0.0445. The summed E-state index contributed by atoms with van der Waals surface area (Å²) in [4.78, 5) is 14.9. The fraction of sp³-hybridized carbons (Fsp3) is 0.250. The summed E-state index contributed by atoms with van der Waals surface area (Å²) in [5.41, 5.74) is 1.11. The minimum atomic E-state index is -1.11. The molecule has 2 heterocycles. The molecule has 0 amide bonds. The van der Waals surface area contributed by atoms with E-state index in [2.05, 4.69) is 15.4 Å². The highest BCUT2D eigenvalue weighted by molar-refractivity contribution is 5.83. The number of carboxylic acid groups (broad SMARTS) is 1. The maximum absolute atomic E-state index is 10.9. The van der Waals surface area contributed by atoms with Crippen molar-refractivity contribution in [1.82, 2.24) is 14.8 Å². The highest BCUT2D eigenvalue weighted by Crippen LogP contribution is 2.27. The van der Waals surface area contributed by atoms with Crippen molar-refractivity contribution in [3.8, 4) is 0 Å². The number of carboxylic acids is 1. The summed E-state index contributed by atoms with van der Waals surface area (Å²) >= 11 is 0. The molecule has 1 unspecified atom stereocenters. The number of fused-ring (bicyclic) bond motifs is 1. The average molecular weight is 244 g/mol. The number of carbonyl (C=O) groups is 1. The molecule has 0 aliphatic carbocycles. The maximum atomic E-state index is 10.9. The summed E-state index contributed by atoms with van der Waals surface area (Å²) in [5.74, 6) is -0.752. The Morgan fingerprint density at radius 2 is 2.17 bits per heavy atom. The van der Waals surface area contributed by atoms with Crippen LogP contribution in [0.5, 0.6) is 0 Å². The van der Waals surface area contributed by atoms with Gasteiger partial charge in [-0.25, -0.2) is 9.48 Å². The molecule has 2 aromatic rings. The van der Waals surface area contributed by atoms with Gasteiger partial charge in [-0.1, -0.05) is 30.3 Å². The number of hydrogen-bond donors (Lipinski definition) is 2. The fourth-order valence-corrected chi connectivity index (χ4v) is 2.18. The molecule has 1 aliphatic heterocycles. The van der Waals surface area contributed by atoms with Gasteiger partial charge < -0.3 is 10.4 Å². The second-order valence-corrected chi connectivity index (χ2v) is 4.15. The Bertz CT molecular complexity index is 579. The van der Waals surface area contributed by atoms with Crippen LogP contribution < -0.4 is 5.32 Å². The van der Waals surface area contributed by atoms with Crippen LogP contribution in [0.3, 0.4) is 0 Å².